The van der Waals surface area contributed by atoms with Gasteiger partial charge in [0, 0.05) is 11.6 Å². The number of hydrogen-bond donors (Lipinski definition) is 1. The molecule has 1 aromatic carbocycles. The minimum Gasteiger partial charge on any atom is -0.382 e. The summed E-state index contributed by atoms with van der Waals surface area (Å²) < 4.78 is 43.5. The molecule has 0 amide bonds. The van der Waals surface area contributed by atoms with E-state index in [1.165, 1.54) is 0 Å². The zero-order valence-corrected chi connectivity index (χ0v) is 13.1. The number of halogens is 3. The number of benzene rings is 1. The molecule has 130 valence electrons. The van der Waals surface area contributed by atoms with Gasteiger partial charge in [0.2, 0.25) is 0 Å². The second kappa shape index (κ2) is 6.52. The zero-order valence-electron chi connectivity index (χ0n) is 13.1. The van der Waals surface area contributed by atoms with E-state index in [1.54, 1.807) is 4.90 Å². The van der Waals surface area contributed by atoms with Crippen molar-refractivity contribution in [3.8, 4) is 11.5 Å². The van der Waals surface area contributed by atoms with Gasteiger partial charge in [0.05, 0.1) is 6.54 Å². The fraction of sp³-hybridized carbons (Fsp3) is 0.500. The minimum absolute atomic E-state index is 0.118. The predicted molar refractivity (Wildman–Crippen MR) is 80.0 cm³/mol. The van der Waals surface area contributed by atoms with Crippen molar-refractivity contribution < 1.29 is 22.8 Å². The van der Waals surface area contributed by atoms with Crippen LogP contribution in [0.2, 0.25) is 0 Å². The van der Waals surface area contributed by atoms with Crippen molar-refractivity contribution in [3.05, 3.63) is 35.7 Å². The van der Waals surface area contributed by atoms with Crippen LogP contribution in [0, 0.1) is 6.92 Å². The molecule has 2 atom stereocenters. The summed E-state index contributed by atoms with van der Waals surface area (Å²) in [4.78, 5) is 5.84. The SMILES string of the molecule is Cc1ccccc1-c1nc(CN2CCC[C@H]2[C@H](O)C(F)(F)F)no1. The Morgan fingerprint density at radius 1 is 1.38 bits per heavy atom. The van der Waals surface area contributed by atoms with Gasteiger partial charge in [0.15, 0.2) is 11.9 Å². The first-order chi connectivity index (χ1) is 11.4. The molecule has 0 bridgehead atoms. The maximum absolute atomic E-state index is 12.8. The lowest BCUT2D eigenvalue weighted by Gasteiger charge is -2.28. The molecule has 3 rings (SSSR count). The molecule has 0 saturated carbocycles. The number of aryl methyl sites for hydroxylation is 1. The van der Waals surface area contributed by atoms with Crippen LogP contribution in [0.15, 0.2) is 28.8 Å². The molecule has 24 heavy (non-hydrogen) atoms. The molecular formula is C16H18F3N3O2. The van der Waals surface area contributed by atoms with Crippen LogP contribution >= 0.6 is 0 Å². The van der Waals surface area contributed by atoms with Gasteiger partial charge < -0.3 is 9.63 Å². The topological polar surface area (TPSA) is 62.4 Å². The number of rotatable bonds is 4. The number of alkyl halides is 3. The molecule has 5 nitrogen and oxygen atoms in total. The number of nitrogens with zero attached hydrogens (tertiary/aromatic N) is 3. The van der Waals surface area contributed by atoms with E-state index < -0.39 is 18.3 Å². The summed E-state index contributed by atoms with van der Waals surface area (Å²) in [5.41, 5.74) is 1.77. The van der Waals surface area contributed by atoms with Crippen LogP contribution in [0.25, 0.3) is 11.5 Å². The van der Waals surface area contributed by atoms with E-state index in [4.69, 9.17) is 4.52 Å². The Labute approximate surface area is 137 Å². The molecule has 1 aromatic heterocycles. The number of hydrogen-bond acceptors (Lipinski definition) is 5. The maximum atomic E-state index is 12.8. The number of aliphatic hydroxyl groups excluding tert-OH is 1. The molecule has 2 aromatic rings. The molecule has 1 aliphatic heterocycles. The fourth-order valence-electron chi connectivity index (χ4n) is 3.05. The molecule has 1 aliphatic rings. The summed E-state index contributed by atoms with van der Waals surface area (Å²) in [5, 5.41) is 13.4. The number of aromatic nitrogens is 2. The highest BCUT2D eigenvalue weighted by Crippen LogP contribution is 2.31. The fourth-order valence-corrected chi connectivity index (χ4v) is 3.05. The minimum atomic E-state index is -4.63. The molecule has 1 fully saturated rings. The molecule has 8 heteroatoms. The first-order valence-corrected chi connectivity index (χ1v) is 7.73. The molecule has 0 radical (unpaired) electrons. The van der Waals surface area contributed by atoms with E-state index in [9.17, 15) is 18.3 Å². The Morgan fingerprint density at radius 3 is 2.83 bits per heavy atom. The molecule has 1 N–H and O–H groups in total. The van der Waals surface area contributed by atoms with Crippen molar-refractivity contribution >= 4 is 0 Å². The normalized spacial score (nSPS) is 20.5. The third-order valence-corrected chi connectivity index (χ3v) is 4.30. The van der Waals surface area contributed by atoms with Gasteiger partial charge in [0.1, 0.15) is 0 Å². The maximum Gasteiger partial charge on any atom is 0.415 e. The van der Waals surface area contributed by atoms with Crippen molar-refractivity contribution in [3.63, 3.8) is 0 Å². The highest BCUT2D eigenvalue weighted by molar-refractivity contribution is 5.57. The summed E-state index contributed by atoms with van der Waals surface area (Å²) in [6.45, 7) is 2.49. The predicted octanol–water partition coefficient (Wildman–Crippen LogP) is 2.93. The lowest BCUT2D eigenvalue weighted by atomic mass is 10.1. The van der Waals surface area contributed by atoms with Gasteiger partial charge in [-0.05, 0) is 37.9 Å². The van der Waals surface area contributed by atoms with Gasteiger partial charge in [0.25, 0.3) is 5.89 Å². The van der Waals surface area contributed by atoms with E-state index in [1.807, 2.05) is 31.2 Å². The molecule has 0 unspecified atom stereocenters. The summed E-state index contributed by atoms with van der Waals surface area (Å²) in [5.74, 6) is 0.657. The second-order valence-electron chi connectivity index (χ2n) is 6.00. The average molecular weight is 341 g/mol. The van der Waals surface area contributed by atoms with Crippen LogP contribution in [0.3, 0.4) is 0 Å². The Bertz CT molecular complexity index is 702. The first kappa shape index (κ1) is 16.9. The van der Waals surface area contributed by atoms with E-state index in [0.29, 0.717) is 31.1 Å². The lowest BCUT2D eigenvalue weighted by Crippen LogP contribution is -2.46. The molecule has 2 heterocycles. The van der Waals surface area contributed by atoms with Gasteiger partial charge in [-0.1, -0.05) is 23.4 Å². The smallest absolute Gasteiger partial charge is 0.382 e. The van der Waals surface area contributed by atoms with E-state index in [-0.39, 0.29) is 6.54 Å². The summed E-state index contributed by atoms with van der Waals surface area (Å²) in [6, 6.07) is 6.53. The first-order valence-electron chi connectivity index (χ1n) is 7.73. The number of aliphatic hydroxyl groups is 1. The number of likely N-dealkylation sites (tertiary alicyclic amines) is 1. The highest BCUT2D eigenvalue weighted by atomic mass is 19.4. The van der Waals surface area contributed by atoms with Gasteiger partial charge in [-0.2, -0.15) is 18.2 Å². The Hall–Kier alpha value is -1.93. The van der Waals surface area contributed by atoms with E-state index in [2.05, 4.69) is 10.1 Å². The summed E-state index contributed by atoms with van der Waals surface area (Å²) >= 11 is 0. The lowest BCUT2D eigenvalue weighted by molar-refractivity contribution is -0.219. The Kier molecular flexibility index (Phi) is 4.60. The second-order valence-corrected chi connectivity index (χ2v) is 6.00. The van der Waals surface area contributed by atoms with Gasteiger partial charge in [-0.25, -0.2) is 0 Å². The summed E-state index contributed by atoms with van der Waals surface area (Å²) in [6.07, 6.45) is -6.09. The van der Waals surface area contributed by atoms with Gasteiger partial charge >= 0.3 is 6.18 Å². The van der Waals surface area contributed by atoms with Crippen LogP contribution < -0.4 is 0 Å². The highest BCUT2D eigenvalue weighted by Gasteiger charge is 2.47. The van der Waals surface area contributed by atoms with Crippen molar-refractivity contribution in [2.45, 2.75) is 44.6 Å². The van der Waals surface area contributed by atoms with Crippen LogP contribution in [0.5, 0.6) is 0 Å². The Morgan fingerprint density at radius 2 is 2.12 bits per heavy atom. The van der Waals surface area contributed by atoms with Crippen molar-refractivity contribution in [1.29, 1.82) is 0 Å². The van der Waals surface area contributed by atoms with Gasteiger partial charge in [-0.3, -0.25) is 4.90 Å². The molecule has 0 aliphatic carbocycles. The van der Waals surface area contributed by atoms with Crippen LogP contribution in [0.1, 0.15) is 24.2 Å². The zero-order chi connectivity index (χ0) is 17.3. The monoisotopic (exact) mass is 341 g/mol. The molecular weight excluding hydrogens is 323 g/mol. The van der Waals surface area contributed by atoms with Crippen LogP contribution in [-0.4, -0.2) is 45.0 Å². The third-order valence-electron chi connectivity index (χ3n) is 4.30. The van der Waals surface area contributed by atoms with Crippen molar-refractivity contribution in [2.75, 3.05) is 6.54 Å². The largest absolute Gasteiger partial charge is 0.415 e. The van der Waals surface area contributed by atoms with Crippen LogP contribution in [-0.2, 0) is 6.54 Å². The van der Waals surface area contributed by atoms with Crippen molar-refractivity contribution in [1.82, 2.24) is 15.0 Å². The molecule has 0 spiro atoms. The van der Waals surface area contributed by atoms with E-state index in [0.717, 1.165) is 11.1 Å². The van der Waals surface area contributed by atoms with Crippen molar-refractivity contribution in [2.24, 2.45) is 0 Å². The van der Waals surface area contributed by atoms with Gasteiger partial charge in [-0.15, -0.1) is 0 Å². The third kappa shape index (κ3) is 3.44. The Balaban J connectivity index is 1.74. The average Bonchev–Trinajstić information content (AvgIpc) is 3.16. The van der Waals surface area contributed by atoms with E-state index >= 15 is 0 Å². The molecule has 1 saturated heterocycles. The standard InChI is InChI=1S/C16H18F3N3O2/c1-10-5-2-3-6-11(10)15-20-13(21-24-15)9-22-8-4-7-12(22)14(23)16(17,18)19/h2-3,5-6,12,14,23H,4,7-9H2,1H3/t12-,14-/m0/s1. The summed E-state index contributed by atoms with van der Waals surface area (Å²) in [7, 11) is 0. The van der Waals surface area contributed by atoms with Crippen LogP contribution in [0.4, 0.5) is 13.2 Å². The quantitative estimate of drug-likeness (QED) is 0.926.